The molecule has 0 atom stereocenters. The maximum Gasteiger partial charge on any atom is 0.326 e. The summed E-state index contributed by atoms with van der Waals surface area (Å²) in [5, 5.41) is 6.15. The highest BCUT2D eigenvalue weighted by Crippen LogP contribution is 1.90. The molecule has 0 saturated carbocycles. The Morgan fingerprint density at radius 2 is 2.25 bits per heavy atom. The van der Waals surface area contributed by atoms with Gasteiger partial charge < -0.3 is 10.6 Å². The third-order valence-corrected chi connectivity index (χ3v) is 2.65. The molecule has 0 aliphatic carbocycles. The van der Waals surface area contributed by atoms with Crippen molar-refractivity contribution in [2.24, 2.45) is 0 Å². The van der Waals surface area contributed by atoms with E-state index in [0.29, 0.717) is 6.54 Å². The molecule has 1 amide bonds. The number of nitrogens with one attached hydrogen (secondary N) is 2. The lowest BCUT2D eigenvalue weighted by molar-refractivity contribution is 0.228. The van der Waals surface area contributed by atoms with Gasteiger partial charge in [-0.25, -0.2) is 9.78 Å². The Morgan fingerprint density at radius 3 is 2.94 bits per heavy atom. The highest BCUT2D eigenvalue weighted by atomic mass is 16.2. The van der Waals surface area contributed by atoms with Crippen molar-refractivity contribution in [2.45, 2.75) is 0 Å². The zero-order valence-electron chi connectivity index (χ0n) is 9.22. The summed E-state index contributed by atoms with van der Waals surface area (Å²) in [6.07, 6.45) is 4.73. The Balaban J connectivity index is 1.66. The molecule has 6 heteroatoms. The predicted molar refractivity (Wildman–Crippen MR) is 60.3 cm³/mol. The maximum absolute atomic E-state index is 11.5. The fourth-order valence-corrected chi connectivity index (χ4v) is 1.73. The van der Waals surface area contributed by atoms with Crippen LogP contribution in [0.2, 0.25) is 0 Å². The molecule has 16 heavy (non-hydrogen) atoms. The number of hydrogen-bond acceptors (Lipinski definition) is 4. The summed E-state index contributed by atoms with van der Waals surface area (Å²) in [7, 11) is 0. The van der Waals surface area contributed by atoms with E-state index in [0.717, 1.165) is 32.7 Å². The number of nitrogens with zero attached hydrogens (tertiary/aromatic N) is 3. The van der Waals surface area contributed by atoms with Gasteiger partial charge in [-0.1, -0.05) is 0 Å². The van der Waals surface area contributed by atoms with Crippen LogP contribution in [0.1, 0.15) is 0 Å². The lowest BCUT2D eigenvalue weighted by Crippen LogP contribution is -2.46. The molecule has 0 spiro atoms. The SMILES string of the molecule is O=C(NCCN1CCNCC1)n1ccnc1. The highest BCUT2D eigenvalue weighted by Gasteiger charge is 2.09. The first-order valence-corrected chi connectivity index (χ1v) is 5.55. The molecule has 1 aliphatic rings. The molecule has 2 N–H and O–H groups in total. The van der Waals surface area contributed by atoms with Crippen LogP contribution in [0.25, 0.3) is 0 Å². The Bertz CT molecular complexity index is 318. The number of piperazine rings is 1. The average Bonchev–Trinajstić information content (AvgIpc) is 2.84. The summed E-state index contributed by atoms with van der Waals surface area (Å²) in [4.78, 5) is 17.7. The average molecular weight is 223 g/mol. The third-order valence-electron chi connectivity index (χ3n) is 2.65. The van der Waals surface area contributed by atoms with Gasteiger partial charge >= 0.3 is 6.03 Å². The quantitative estimate of drug-likeness (QED) is 0.714. The smallest absolute Gasteiger partial charge is 0.326 e. The molecule has 0 radical (unpaired) electrons. The standard InChI is InChI=1S/C10H17N5O/c16-10(15-8-3-12-9-15)13-4-7-14-5-1-11-2-6-14/h3,8-9,11H,1-2,4-7H2,(H,13,16). The number of imidazole rings is 1. The molecule has 1 saturated heterocycles. The topological polar surface area (TPSA) is 62.2 Å². The molecular formula is C10H17N5O. The second kappa shape index (κ2) is 5.62. The van der Waals surface area contributed by atoms with Crippen molar-refractivity contribution in [3.63, 3.8) is 0 Å². The van der Waals surface area contributed by atoms with Gasteiger partial charge in [0.05, 0.1) is 0 Å². The van der Waals surface area contributed by atoms with Gasteiger partial charge in [-0.2, -0.15) is 0 Å². The maximum atomic E-state index is 11.5. The van der Waals surface area contributed by atoms with Gasteiger partial charge in [0.25, 0.3) is 0 Å². The van der Waals surface area contributed by atoms with E-state index in [1.807, 2.05) is 0 Å². The minimum atomic E-state index is -0.118. The van der Waals surface area contributed by atoms with Crippen LogP contribution in [-0.2, 0) is 0 Å². The van der Waals surface area contributed by atoms with Gasteiger partial charge in [-0.3, -0.25) is 9.47 Å². The molecule has 2 heterocycles. The van der Waals surface area contributed by atoms with Crippen LogP contribution in [0.4, 0.5) is 4.79 Å². The lowest BCUT2D eigenvalue weighted by atomic mass is 10.3. The van der Waals surface area contributed by atoms with Crippen molar-refractivity contribution in [1.29, 1.82) is 0 Å². The number of carbonyl (C=O) groups excluding carboxylic acids is 1. The van der Waals surface area contributed by atoms with Gasteiger partial charge in [0, 0.05) is 51.7 Å². The molecule has 0 aromatic carbocycles. The summed E-state index contributed by atoms with van der Waals surface area (Å²) < 4.78 is 1.44. The first kappa shape index (κ1) is 11.1. The Kier molecular flexibility index (Phi) is 3.90. The summed E-state index contributed by atoms with van der Waals surface area (Å²) in [5.41, 5.74) is 0. The molecule has 88 valence electrons. The summed E-state index contributed by atoms with van der Waals surface area (Å²) in [6, 6.07) is -0.118. The normalized spacial score (nSPS) is 17.2. The molecule has 1 aromatic heterocycles. The van der Waals surface area contributed by atoms with E-state index in [4.69, 9.17) is 0 Å². The number of aromatic nitrogens is 2. The molecule has 2 rings (SSSR count). The largest absolute Gasteiger partial charge is 0.336 e. The summed E-state index contributed by atoms with van der Waals surface area (Å²) in [5.74, 6) is 0. The lowest BCUT2D eigenvalue weighted by Gasteiger charge is -2.27. The van der Waals surface area contributed by atoms with Crippen LogP contribution in [0, 0.1) is 0 Å². The second-order valence-electron chi connectivity index (χ2n) is 3.79. The van der Waals surface area contributed by atoms with Crippen LogP contribution in [0.15, 0.2) is 18.7 Å². The summed E-state index contributed by atoms with van der Waals surface area (Å²) in [6.45, 7) is 5.77. The monoisotopic (exact) mass is 223 g/mol. The van der Waals surface area contributed by atoms with Gasteiger partial charge in [0.1, 0.15) is 6.33 Å². The van der Waals surface area contributed by atoms with Crippen LogP contribution in [0.5, 0.6) is 0 Å². The van der Waals surface area contributed by atoms with Gasteiger partial charge in [0.15, 0.2) is 0 Å². The molecule has 0 unspecified atom stereocenters. The molecule has 6 nitrogen and oxygen atoms in total. The van der Waals surface area contributed by atoms with Crippen LogP contribution >= 0.6 is 0 Å². The minimum Gasteiger partial charge on any atom is -0.336 e. The highest BCUT2D eigenvalue weighted by molar-refractivity contribution is 5.76. The van der Waals surface area contributed by atoms with Crippen LogP contribution < -0.4 is 10.6 Å². The van der Waals surface area contributed by atoms with Crippen molar-refractivity contribution in [3.05, 3.63) is 18.7 Å². The molecular weight excluding hydrogens is 206 g/mol. The number of rotatable bonds is 3. The number of amides is 1. The molecule has 1 aliphatic heterocycles. The van der Waals surface area contributed by atoms with E-state index in [9.17, 15) is 4.79 Å². The van der Waals surface area contributed by atoms with Crippen molar-refractivity contribution >= 4 is 6.03 Å². The van der Waals surface area contributed by atoms with E-state index >= 15 is 0 Å². The van der Waals surface area contributed by atoms with E-state index in [1.54, 1.807) is 12.4 Å². The van der Waals surface area contributed by atoms with E-state index in [1.165, 1.54) is 10.9 Å². The predicted octanol–water partition coefficient (Wildman–Crippen LogP) is -0.654. The zero-order chi connectivity index (χ0) is 11.2. The Morgan fingerprint density at radius 1 is 1.44 bits per heavy atom. The first-order chi connectivity index (χ1) is 7.86. The van der Waals surface area contributed by atoms with Gasteiger partial charge in [0.2, 0.25) is 0 Å². The third kappa shape index (κ3) is 3.04. The Labute approximate surface area is 94.6 Å². The Hall–Kier alpha value is -1.40. The van der Waals surface area contributed by atoms with Gasteiger partial charge in [-0.05, 0) is 0 Å². The summed E-state index contributed by atoms with van der Waals surface area (Å²) >= 11 is 0. The zero-order valence-corrected chi connectivity index (χ0v) is 9.22. The van der Waals surface area contributed by atoms with E-state index in [-0.39, 0.29) is 6.03 Å². The van der Waals surface area contributed by atoms with Crippen LogP contribution in [0.3, 0.4) is 0 Å². The van der Waals surface area contributed by atoms with Crippen molar-refractivity contribution < 1.29 is 4.79 Å². The van der Waals surface area contributed by atoms with Crippen molar-refractivity contribution in [3.8, 4) is 0 Å². The minimum absolute atomic E-state index is 0.118. The fourth-order valence-electron chi connectivity index (χ4n) is 1.73. The van der Waals surface area contributed by atoms with E-state index < -0.39 is 0 Å². The number of carbonyl (C=O) groups is 1. The van der Waals surface area contributed by atoms with Crippen LogP contribution in [-0.4, -0.2) is 59.8 Å². The number of hydrogen-bond donors (Lipinski definition) is 2. The molecule has 1 fully saturated rings. The van der Waals surface area contributed by atoms with Gasteiger partial charge in [-0.15, -0.1) is 0 Å². The first-order valence-electron chi connectivity index (χ1n) is 5.55. The van der Waals surface area contributed by atoms with Crippen molar-refractivity contribution in [1.82, 2.24) is 25.1 Å². The second-order valence-corrected chi connectivity index (χ2v) is 3.79. The molecule has 1 aromatic rings. The van der Waals surface area contributed by atoms with E-state index in [2.05, 4.69) is 20.5 Å². The van der Waals surface area contributed by atoms with Crippen molar-refractivity contribution in [2.75, 3.05) is 39.3 Å². The fraction of sp³-hybridized carbons (Fsp3) is 0.600. The molecule has 0 bridgehead atoms.